The zero-order valence-electron chi connectivity index (χ0n) is 12.3. The third-order valence-electron chi connectivity index (χ3n) is 2.81. The van der Waals surface area contributed by atoms with Crippen molar-refractivity contribution >= 4 is 26.0 Å². The molecule has 0 amide bonds. The van der Waals surface area contributed by atoms with Gasteiger partial charge in [0.05, 0.1) is 12.3 Å². The molecule has 2 aromatic rings. The van der Waals surface area contributed by atoms with Crippen LogP contribution in [0.25, 0.3) is 0 Å². The first-order valence-corrected chi connectivity index (χ1v) is 9.35. The SMILES string of the molecule is O=S(=O)(Cc1ccccc1)NCC#CCOc1cccc(Br)c1. The summed E-state index contributed by atoms with van der Waals surface area (Å²) in [6.07, 6.45) is 0. The van der Waals surface area contributed by atoms with Gasteiger partial charge in [-0.25, -0.2) is 13.1 Å². The minimum Gasteiger partial charge on any atom is -0.481 e. The molecule has 0 spiro atoms. The zero-order valence-corrected chi connectivity index (χ0v) is 14.7. The van der Waals surface area contributed by atoms with Gasteiger partial charge in [0.15, 0.2) is 0 Å². The van der Waals surface area contributed by atoms with Gasteiger partial charge in [0.25, 0.3) is 0 Å². The van der Waals surface area contributed by atoms with Gasteiger partial charge in [-0.1, -0.05) is 64.2 Å². The van der Waals surface area contributed by atoms with Crippen molar-refractivity contribution in [2.75, 3.05) is 13.2 Å². The van der Waals surface area contributed by atoms with Crippen LogP contribution in [0.1, 0.15) is 5.56 Å². The van der Waals surface area contributed by atoms with Crippen LogP contribution < -0.4 is 9.46 Å². The van der Waals surface area contributed by atoms with Gasteiger partial charge in [-0.15, -0.1) is 0 Å². The maximum atomic E-state index is 11.9. The van der Waals surface area contributed by atoms with Crippen molar-refractivity contribution in [3.05, 3.63) is 64.6 Å². The van der Waals surface area contributed by atoms with E-state index in [0.29, 0.717) is 5.75 Å². The molecule has 0 aromatic heterocycles. The lowest BCUT2D eigenvalue weighted by Gasteiger charge is -2.03. The summed E-state index contributed by atoms with van der Waals surface area (Å²) in [4.78, 5) is 0. The molecule has 1 N–H and O–H groups in total. The topological polar surface area (TPSA) is 55.4 Å². The zero-order chi connectivity index (χ0) is 16.5. The van der Waals surface area contributed by atoms with E-state index in [-0.39, 0.29) is 18.9 Å². The Balaban J connectivity index is 1.74. The Bertz CT molecular complexity index is 795. The Kier molecular flexibility index (Phi) is 6.66. The van der Waals surface area contributed by atoms with Crippen molar-refractivity contribution in [3.63, 3.8) is 0 Å². The highest BCUT2D eigenvalue weighted by molar-refractivity contribution is 9.10. The van der Waals surface area contributed by atoms with Crippen molar-refractivity contribution in [1.29, 1.82) is 0 Å². The fourth-order valence-electron chi connectivity index (χ4n) is 1.78. The lowest BCUT2D eigenvalue weighted by molar-refractivity contribution is 0.370. The number of ether oxygens (including phenoxy) is 1. The summed E-state index contributed by atoms with van der Waals surface area (Å²) in [5.41, 5.74) is 0.742. The molecular weight excluding hydrogens is 378 g/mol. The van der Waals surface area contributed by atoms with E-state index in [9.17, 15) is 8.42 Å². The van der Waals surface area contributed by atoms with Crippen molar-refractivity contribution in [3.8, 4) is 17.6 Å². The summed E-state index contributed by atoms with van der Waals surface area (Å²) >= 11 is 3.35. The monoisotopic (exact) mass is 393 g/mol. The standard InChI is InChI=1S/C17H16BrNO3S/c18-16-9-6-10-17(13-16)22-12-5-4-11-19-23(20,21)14-15-7-2-1-3-8-15/h1-3,6-10,13,19H,11-12,14H2. The summed E-state index contributed by atoms with van der Waals surface area (Å²) in [7, 11) is -3.38. The summed E-state index contributed by atoms with van der Waals surface area (Å²) in [5.74, 6) is 6.17. The molecule has 0 fully saturated rings. The maximum absolute atomic E-state index is 11.9. The molecule has 0 aliphatic carbocycles. The van der Waals surface area contributed by atoms with E-state index < -0.39 is 10.0 Å². The molecule has 2 aromatic carbocycles. The van der Waals surface area contributed by atoms with Gasteiger partial charge in [0.1, 0.15) is 12.4 Å². The average molecular weight is 394 g/mol. The number of nitrogens with one attached hydrogen (secondary N) is 1. The number of rotatable bonds is 6. The van der Waals surface area contributed by atoms with E-state index in [2.05, 4.69) is 32.5 Å². The van der Waals surface area contributed by atoms with Gasteiger partial charge in [-0.2, -0.15) is 0 Å². The van der Waals surface area contributed by atoms with Crippen molar-refractivity contribution in [2.45, 2.75) is 5.75 Å². The summed E-state index contributed by atoms with van der Waals surface area (Å²) in [6.45, 7) is 0.272. The van der Waals surface area contributed by atoms with Gasteiger partial charge in [-0.3, -0.25) is 0 Å². The second-order valence-corrected chi connectivity index (χ2v) is 7.39. The van der Waals surface area contributed by atoms with Crippen LogP contribution in [-0.2, 0) is 15.8 Å². The minimum atomic E-state index is -3.38. The van der Waals surface area contributed by atoms with Crippen LogP contribution in [0.4, 0.5) is 0 Å². The van der Waals surface area contributed by atoms with E-state index in [0.717, 1.165) is 10.0 Å². The van der Waals surface area contributed by atoms with Gasteiger partial charge in [0, 0.05) is 4.47 Å². The van der Waals surface area contributed by atoms with Crippen molar-refractivity contribution in [2.24, 2.45) is 0 Å². The molecule has 120 valence electrons. The Labute approximate surface area is 145 Å². The van der Waals surface area contributed by atoms with Gasteiger partial charge < -0.3 is 4.74 Å². The smallest absolute Gasteiger partial charge is 0.216 e. The molecule has 23 heavy (non-hydrogen) atoms. The number of benzene rings is 2. The fourth-order valence-corrected chi connectivity index (χ4v) is 3.18. The second-order valence-electron chi connectivity index (χ2n) is 4.67. The molecule has 0 heterocycles. The normalized spacial score (nSPS) is 10.7. The van der Waals surface area contributed by atoms with Gasteiger partial charge in [0.2, 0.25) is 10.0 Å². The molecule has 0 radical (unpaired) electrons. The molecule has 6 heteroatoms. The number of sulfonamides is 1. The van der Waals surface area contributed by atoms with E-state index in [1.807, 2.05) is 42.5 Å². The minimum absolute atomic E-state index is 0.0515. The second kappa shape index (κ2) is 8.73. The third kappa shape index (κ3) is 6.87. The predicted octanol–water partition coefficient (Wildman–Crippen LogP) is 2.95. The largest absolute Gasteiger partial charge is 0.481 e. The number of hydrogen-bond donors (Lipinski definition) is 1. The van der Waals surface area contributed by atoms with Crippen molar-refractivity contribution < 1.29 is 13.2 Å². The molecule has 0 aliphatic rings. The molecule has 0 unspecified atom stereocenters. The van der Waals surface area contributed by atoms with Crippen LogP contribution in [0.2, 0.25) is 0 Å². The van der Waals surface area contributed by atoms with Crippen LogP contribution in [0.5, 0.6) is 5.75 Å². The summed E-state index contributed by atoms with van der Waals surface area (Å²) in [6, 6.07) is 16.4. The quantitative estimate of drug-likeness (QED) is 0.767. The van der Waals surface area contributed by atoms with Crippen LogP contribution in [-0.4, -0.2) is 21.6 Å². The summed E-state index contributed by atoms with van der Waals surface area (Å²) < 4.78 is 32.6. The first-order valence-electron chi connectivity index (χ1n) is 6.90. The Morgan fingerprint density at radius 2 is 1.83 bits per heavy atom. The van der Waals surface area contributed by atoms with Crippen LogP contribution >= 0.6 is 15.9 Å². The lowest BCUT2D eigenvalue weighted by atomic mass is 10.2. The molecule has 0 aliphatic heterocycles. The van der Waals surface area contributed by atoms with Crippen molar-refractivity contribution in [1.82, 2.24) is 4.72 Å². The Morgan fingerprint density at radius 3 is 2.57 bits per heavy atom. The van der Waals surface area contributed by atoms with Gasteiger partial charge in [-0.05, 0) is 23.8 Å². The highest BCUT2D eigenvalue weighted by Gasteiger charge is 2.09. The molecule has 2 rings (SSSR count). The fraction of sp³-hybridized carbons (Fsp3) is 0.176. The highest BCUT2D eigenvalue weighted by atomic mass is 79.9. The van der Waals surface area contributed by atoms with E-state index >= 15 is 0 Å². The maximum Gasteiger partial charge on any atom is 0.216 e. The molecule has 0 bridgehead atoms. The molecule has 0 atom stereocenters. The Morgan fingerprint density at radius 1 is 1.04 bits per heavy atom. The first kappa shape index (κ1) is 17.5. The third-order valence-corrected chi connectivity index (χ3v) is 4.60. The van der Waals surface area contributed by atoms with E-state index in [4.69, 9.17) is 4.74 Å². The first-order chi connectivity index (χ1) is 11.1. The van der Waals surface area contributed by atoms with E-state index in [1.54, 1.807) is 12.1 Å². The molecule has 0 saturated carbocycles. The molecular formula is C17H16BrNO3S. The van der Waals surface area contributed by atoms with Crippen LogP contribution in [0, 0.1) is 11.8 Å². The summed E-state index contributed by atoms with van der Waals surface area (Å²) in [5, 5.41) is 0. The predicted molar refractivity (Wildman–Crippen MR) is 94.5 cm³/mol. The average Bonchev–Trinajstić information content (AvgIpc) is 2.51. The lowest BCUT2D eigenvalue weighted by Crippen LogP contribution is -2.25. The molecule has 4 nitrogen and oxygen atoms in total. The van der Waals surface area contributed by atoms with E-state index in [1.165, 1.54) is 0 Å². The van der Waals surface area contributed by atoms with Crippen LogP contribution in [0.15, 0.2) is 59.1 Å². The highest BCUT2D eigenvalue weighted by Crippen LogP contribution is 2.17. The van der Waals surface area contributed by atoms with Crippen LogP contribution in [0.3, 0.4) is 0 Å². The number of hydrogen-bond acceptors (Lipinski definition) is 3. The number of halogens is 1. The Hall–Kier alpha value is -1.81. The van der Waals surface area contributed by atoms with Gasteiger partial charge >= 0.3 is 0 Å². The molecule has 0 saturated heterocycles.